The zero-order valence-corrected chi connectivity index (χ0v) is 16.4. The number of nitrogens with one attached hydrogen (secondary N) is 1. The largest absolute Gasteiger partial charge is 0.461 e. The van der Waals surface area contributed by atoms with E-state index in [0.29, 0.717) is 34.2 Å². The van der Waals surface area contributed by atoms with Gasteiger partial charge in [-0.15, -0.1) is 0 Å². The van der Waals surface area contributed by atoms with Crippen molar-refractivity contribution in [2.45, 2.75) is 33.5 Å². The van der Waals surface area contributed by atoms with Crippen molar-refractivity contribution in [3.05, 3.63) is 56.8 Å². The van der Waals surface area contributed by atoms with Crippen LogP contribution in [0.4, 0.5) is 13.2 Å². The number of hydrogen-bond donors (Lipinski definition) is 1. The summed E-state index contributed by atoms with van der Waals surface area (Å²) in [7, 11) is 0. The Morgan fingerprint density at radius 1 is 1.13 bits per heavy atom. The molecule has 0 fully saturated rings. The van der Waals surface area contributed by atoms with Gasteiger partial charge in [0.1, 0.15) is 12.2 Å². The van der Waals surface area contributed by atoms with Gasteiger partial charge in [0, 0.05) is 23.5 Å². The first kappa shape index (κ1) is 22.9. The highest BCUT2D eigenvalue weighted by molar-refractivity contribution is 6.03. The highest BCUT2D eigenvalue weighted by Gasteiger charge is 2.31. The van der Waals surface area contributed by atoms with Crippen LogP contribution in [-0.2, 0) is 27.0 Å². The highest BCUT2D eigenvalue weighted by Crippen LogP contribution is 2.28. The summed E-state index contributed by atoms with van der Waals surface area (Å²) in [5.41, 5.74) is -1.01. The first-order valence-electron chi connectivity index (χ1n) is 8.78. The van der Waals surface area contributed by atoms with Crippen LogP contribution in [0.5, 0.6) is 0 Å². The van der Waals surface area contributed by atoms with Gasteiger partial charge in [-0.25, -0.2) is 4.79 Å². The Labute approximate surface area is 168 Å². The predicted octanol–water partition coefficient (Wildman–Crippen LogP) is 2.41. The quantitative estimate of drug-likeness (QED) is 0.536. The fraction of sp³-hybridized carbons (Fsp3) is 0.368. The Bertz CT molecular complexity index is 1040. The van der Waals surface area contributed by atoms with Crippen LogP contribution >= 0.6 is 0 Å². The summed E-state index contributed by atoms with van der Waals surface area (Å²) in [6.07, 6.45) is -4.19. The lowest BCUT2D eigenvalue weighted by Gasteiger charge is -2.10. The van der Waals surface area contributed by atoms with Crippen LogP contribution in [0, 0.1) is 13.8 Å². The lowest BCUT2D eigenvalue weighted by atomic mass is 10.1. The second-order valence-electron chi connectivity index (χ2n) is 6.31. The van der Waals surface area contributed by atoms with E-state index in [9.17, 15) is 32.3 Å². The molecule has 162 valence electrons. The summed E-state index contributed by atoms with van der Waals surface area (Å²) in [4.78, 5) is 50.7. The molecule has 2 heterocycles. The Morgan fingerprint density at radius 3 is 2.40 bits per heavy atom. The lowest BCUT2D eigenvalue weighted by Crippen LogP contribution is -2.27. The molecular formula is C19H19F3N2O6. The minimum Gasteiger partial charge on any atom is -0.461 e. The molecule has 2 aromatic heterocycles. The maximum Gasteiger partial charge on any atom is 0.417 e. The van der Waals surface area contributed by atoms with Crippen LogP contribution in [0.2, 0.25) is 0 Å². The number of aromatic amines is 1. The number of ketones is 1. The van der Waals surface area contributed by atoms with E-state index in [0.717, 1.165) is 0 Å². The van der Waals surface area contributed by atoms with Crippen LogP contribution in [0.25, 0.3) is 0 Å². The molecule has 11 heteroatoms. The van der Waals surface area contributed by atoms with Crippen LogP contribution in [0.3, 0.4) is 0 Å². The second-order valence-corrected chi connectivity index (χ2v) is 6.31. The van der Waals surface area contributed by atoms with Gasteiger partial charge in [0.2, 0.25) is 5.78 Å². The number of esters is 2. The summed E-state index contributed by atoms with van der Waals surface area (Å²) >= 11 is 0. The smallest absolute Gasteiger partial charge is 0.417 e. The zero-order chi connectivity index (χ0) is 22.6. The summed E-state index contributed by atoms with van der Waals surface area (Å²) in [5, 5.41) is 0. The molecule has 8 nitrogen and oxygen atoms in total. The number of pyridine rings is 1. The van der Waals surface area contributed by atoms with Crippen molar-refractivity contribution in [3.8, 4) is 0 Å². The van der Waals surface area contributed by atoms with E-state index in [4.69, 9.17) is 9.47 Å². The molecule has 30 heavy (non-hydrogen) atoms. The molecule has 1 N–H and O–H groups in total. The molecule has 0 saturated heterocycles. The Kier molecular flexibility index (Phi) is 6.85. The van der Waals surface area contributed by atoms with Gasteiger partial charge in [-0.1, -0.05) is 0 Å². The van der Waals surface area contributed by atoms with Crippen molar-refractivity contribution >= 4 is 17.7 Å². The standard InChI is InChI=1S/C19H19F3N2O6/c1-4-29-18(28)17-10(2)16(11(3)23-17)13(25)9-30-15(27)8-24-7-12(19(20,21)22)5-6-14(24)26/h5-7,23H,4,8-9H2,1-3H3. The van der Waals surface area contributed by atoms with Crippen LogP contribution in [0.1, 0.15) is 44.6 Å². The fourth-order valence-corrected chi connectivity index (χ4v) is 2.80. The first-order valence-corrected chi connectivity index (χ1v) is 8.78. The van der Waals surface area contributed by atoms with Gasteiger partial charge in [-0.05, 0) is 32.4 Å². The number of carbonyl (C=O) groups excluding carboxylic acids is 3. The number of carbonyl (C=O) groups is 3. The third-order valence-electron chi connectivity index (χ3n) is 4.17. The van der Waals surface area contributed by atoms with Crippen LogP contribution < -0.4 is 5.56 Å². The lowest BCUT2D eigenvalue weighted by molar-refractivity contribution is -0.144. The topological polar surface area (TPSA) is 107 Å². The molecule has 0 radical (unpaired) electrons. The first-order chi connectivity index (χ1) is 14.0. The number of rotatable bonds is 7. The van der Waals surface area contributed by atoms with Crippen LogP contribution in [0.15, 0.2) is 23.1 Å². The number of aryl methyl sites for hydroxylation is 1. The minimum atomic E-state index is -4.69. The normalized spacial score (nSPS) is 11.3. The summed E-state index contributed by atoms with van der Waals surface area (Å²) in [6, 6.07) is 1.29. The zero-order valence-electron chi connectivity index (χ0n) is 16.4. The van der Waals surface area contributed by atoms with Gasteiger partial charge in [0.15, 0.2) is 6.61 Å². The predicted molar refractivity (Wildman–Crippen MR) is 97.2 cm³/mol. The highest BCUT2D eigenvalue weighted by atomic mass is 19.4. The van der Waals surface area contributed by atoms with E-state index in [1.165, 1.54) is 6.92 Å². The summed E-state index contributed by atoms with van der Waals surface area (Å²) < 4.78 is 48.5. The molecule has 2 aromatic rings. The van der Waals surface area contributed by atoms with Gasteiger partial charge >= 0.3 is 18.1 Å². The van der Waals surface area contributed by atoms with Crippen molar-refractivity contribution in [2.24, 2.45) is 0 Å². The molecule has 0 atom stereocenters. The number of aromatic nitrogens is 2. The molecular weight excluding hydrogens is 409 g/mol. The number of alkyl halides is 3. The number of nitrogens with zero attached hydrogens (tertiary/aromatic N) is 1. The number of Topliss-reactive ketones (excluding diaryl/α,β-unsaturated/α-hetero) is 1. The molecule has 2 rings (SSSR count). The van der Waals surface area contributed by atoms with E-state index >= 15 is 0 Å². The molecule has 0 aliphatic rings. The molecule has 0 spiro atoms. The maximum atomic E-state index is 12.7. The second kappa shape index (κ2) is 8.97. The van der Waals surface area contributed by atoms with E-state index in [-0.39, 0.29) is 17.9 Å². The molecule has 0 aliphatic carbocycles. The van der Waals surface area contributed by atoms with Gasteiger partial charge in [-0.2, -0.15) is 13.2 Å². The summed E-state index contributed by atoms with van der Waals surface area (Å²) in [6.45, 7) is 3.33. The third kappa shape index (κ3) is 5.16. The molecule has 0 aromatic carbocycles. The Morgan fingerprint density at radius 2 is 1.80 bits per heavy atom. The van der Waals surface area contributed by atoms with Crippen molar-refractivity contribution in [3.63, 3.8) is 0 Å². The Hall–Kier alpha value is -3.37. The molecule has 0 bridgehead atoms. The number of hydrogen-bond acceptors (Lipinski definition) is 6. The number of H-pyrrole nitrogens is 1. The molecule has 0 amide bonds. The van der Waals surface area contributed by atoms with Crippen molar-refractivity contribution in [1.29, 1.82) is 0 Å². The molecule has 0 unspecified atom stereocenters. The van der Waals surface area contributed by atoms with E-state index in [2.05, 4.69) is 4.98 Å². The Balaban J connectivity index is 2.08. The fourth-order valence-electron chi connectivity index (χ4n) is 2.80. The average Bonchev–Trinajstić information content (AvgIpc) is 2.95. The van der Waals surface area contributed by atoms with E-state index in [1.54, 1.807) is 13.8 Å². The van der Waals surface area contributed by atoms with E-state index in [1.807, 2.05) is 0 Å². The van der Waals surface area contributed by atoms with Crippen LogP contribution in [-0.4, -0.2) is 40.5 Å². The SMILES string of the molecule is CCOC(=O)c1[nH]c(C)c(C(=O)COC(=O)Cn2cc(C(F)(F)F)ccc2=O)c1C. The van der Waals surface area contributed by atoms with Gasteiger partial charge < -0.3 is 19.0 Å². The molecule has 0 aliphatic heterocycles. The number of halogens is 3. The average molecular weight is 428 g/mol. The number of ether oxygens (including phenoxy) is 2. The monoisotopic (exact) mass is 428 g/mol. The van der Waals surface area contributed by atoms with Crippen molar-refractivity contribution in [1.82, 2.24) is 9.55 Å². The summed E-state index contributed by atoms with van der Waals surface area (Å²) in [5.74, 6) is -2.33. The van der Waals surface area contributed by atoms with Gasteiger partial charge in [0.05, 0.1) is 12.2 Å². The molecule has 0 saturated carbocycles. The van der Waals surface area contributed by atoms with Gasteiger partial charge in [0.25, 0.3) is 5.56 Å². The van der Waals surface area contributed by atoms with Crippen molar-refractivity contribution in [2.75, 3.05) is 13.2 Å². The van der Waals surface area contributed by atoms with Gasteiger partial charge in [-0.3, -0.25) is 14.4 Å². The van der Waals surface area contributed by atoms with E-state index < -0.39 is 48.2 Å². The minimum absolute atomic E-state index is 0.0968. The third-order valence-corrected chi connectivity index (χ3v) is 4.17. The van der Waals surface area contributed by atoms with Crippen molar-refractivity contribution < 1.29 is 37.0 Å². The maximum absolute atomic E-state index is 12.7.